The first-order valence-corrected chi connectivity index (χ1v) is 8.07. The predicted octanol–water partition coefficient (Wildman–Crippen LogP) is 0.308. The van der Waals surface area contributed by atoms with Gasteiger partial charge in [-0.3, -0.25) is 0 Å². The Morgan fingerprint density at radius 1 is 1.42 bits per heavy atom. The number of rotatable bonds is 3. The molecule has 1 aliphatic heterocycles. The summed E-state index contributed by atoms with van der Waals surface area (Å²) in [4.78, 5) is 4.38. The van der Waals surface area contributed by atoms with Crippen molar-refractivity contribution in [1.29, 1.82) is 0 Å². The maximum Gasteiger partial charge on any atom is 0.155 e. The van der Waals surface area contributed by atoms with Gasteiger partial charge in [0, 0.05) is 13.0 Å². The van der Waals surface area contributed by atoms with E-state index in [2.05, 4.69) is 10.1 Å². The number of fused-ring (bicyclic) bond motifs is 1. The van der Waals surface area contributed by atoms with Crippen molar-refractivity contribution in [3.8, 4) is 0 Å². The lowest BCUT2D eigenvalue weighted by molar-refractivity contribution is 0.586. The molecule has 0 spiro atoms. The second-order valence-corrected chi connectivity index (χ2v) is 7.26. The van der Waals surface area contributed by atoms with Crippen LogP contribution >= 0.6 is 0 Å². The Balaban J connectivity index is 1.94. The molecule has 0 aliphatic carbocycles. The Morgan fingerprint density at radius 3 is 2.95 bits per heavy atom. The minimum Gasteiger partial charge on any atom is -0.325 e. The van der Waals surface area contributed by atoms with Crippen molar-refractivity contribution in [3.63, 3.8) is 0 Å². The van der Waals surface area contributed by atoms with Crippen LogP contribution < -0.4 is 5.73 Å². The van der Waals surface area contributed by atoms with E-state index >= 15 is 0 Å². The number of aromatic nitrogens is 3. The fourth-order valence-corrected chi connectivity index (χ4v) is 4.37. The lowest BCUT2D eigenvalue weighted by Gasteiger charge is -2.05. The van der Waals surface area contributed by atoms with Crippen molar-refractivity contribution >= 4 is 15.5 Å². The van der Waals surface area contributed by atoms with Gasteiger partial charge in [-0.1, -0.05) is 6.07 Å². The zero-order chi connectivity index (χ0) is 13.5. The first-order chi connectivity index (χ1) is 9.10. The van der Waals surface area contributed by atoms with Gasteiger partial charge in [0.1, 0.15) is 0 Å². The van der Waals surface area contributed by atoms with E-state index in [0.717, 1.165) is 12.1 Å². The average Bonchev–Trinajstić information content (AvgIpc) is 2.92. The molecule has 19 heavy (non-hydrogen) atoms. The van der Waals surface area contributed by atoms with E-state index in [4.69, 9.17) is 5.73 Å². The molecule has 0 bridgehead atoms. The standard InChI is InChI=1S/C12H16N4O2S/c13-8-9-3-1-5-12-14-11(15-16(9)12)7-10-4-2-6-19(10,17)18/h1,3,5,10H,2,4,6-8,13H2. The zero-order valence-corrected chi connectivity index (χ0v) is 11.3. The highest BCUT2D eigenvalue weighted by Crippen LogP contribution is 2.22. The monoisotopic (exact) mass is 280 g/mol. The van der Waals surface area contributed by atoms with E-state index in [1.165, 1.54) is 0 Å². The second kappa shape index (κ2) is 4.57. The molecule has 0 amide bonds. The van der Waals surface area contributed by atoms with Crippen LogP contribution in [0.1, 0.15) is 24.4 Å². The third kappa shape index (κ3) is 2.23. The van der Waals surface area contributed by atoms with Crippen LogP contribution in [0.2, 0.25) is 0 Å². The first kappa shape index (κ1) is 12.6. The van der Waals surface area contributed by atoms with Gasteiger partial charge in [0.2, 0.25) is 0 Å². The number of pyridine rings is 1. The molecule has 0 saturated carbocycles. The van der Waals surface area contributed by atoms with Crippen LogP contribution in [0.4, 0.5) is 0 Å². The Morgan fingerprint density at radius 2 is 2.26 bits per heavy atom. The van der Waals surface area contributed by atoms with Gasteiger partial charge in [-0.15, -0.1) is 0 Å². The molecule has 1 atom stereocenters. The summed E-state index contributed by atoms with van der Waals surface area (Å²) in [6.07, 6.45) is 1.85. The van der Waals surface area contributed by atoms with E-state index in [0.29, 0.717) is 36.6 Å². The number of nitrogens with two attached hydrogens (primary N) is 1. The minimum atomic E-state index is -2.95. The van der Waals surface area contributed by atoms with Crippen LogP contribution in [0.15, 0.2) is 18.2 Å². The van der Waals surface area contributed by atoms with Crippen LogP contribution in [-0.2, 0) is 22.8 Å². The van der Waals surface area contributed by atoms with Crippen LogP contribution in [0, 0.1) is 0 Å². The molecule has 1 saturated heterocycles. The maximum atomic E-state index is 11.8. The lowest BCUT2D eigenvalue weighted by Crippen LogP contribution is -2.19. The molecule has 0 radical (unpaired) electrons. The third-order valence-electron chi connectivity index (χ3n) is 3.56. The molecule has 7 heteroatoms. The van der Waals surface area contributed by atoms with Gasteiger partial charge < -0.3 is 5.73 Å². The number of nitrogens with zero attached hydrogens (tertiary/aromatic N) is 3. The van der Waals surface area contributed by atoms with E-state index in [1.54, 1.807) is 4.52 Å². The van der Waals surface area contributed by atoms with E-state index < -0.39 is 9.84 Å². The second-order valence-electron chi connectivity index (χ2n) is 4.85. The van der Waals surface area contributed by atoms with Crippen molar-refractivity contribution in [2.24, 2.45) is 5.73 Å². The molecule has 1 aliphatic rings. The molecule has 2 aromatic heterocycles. The molecular formula is C12H16N4O2S. The Hall–Kier alpha value is -1.47. The van der Waals surface area contributed by atoms with Gasteiger partial charge in [-0.2, -0.15) is 5.10 Å². The van der Waals surface area contributed by atoms with Gasteiger partial charge >= 0.3 is 0 Å². The zero-order valence-electron chi connectivity index (χ0n) is 10.5. The molecule has 3 rings (SSSR count). The van der Waals surface area contributed by atoms with E-state index in [1.807, 2.05) is 18.2 Å². The van der Waals surface area contributed by atoms with Crippen LogP contribution in [-0.4, -0.2) is 34.0 Å². The molecule has 2 aromatic rings. The molecule has 3 heterocycles. The van der Waals surface area contributed by atoms with Crippen molar-refractivity contribution < 1.29 is 8.42 Å². The lowest BCUT2D eigenvalue weighted by atomic mass is 10.2. The summed E-state index contributed by atoms with van der Waals surface area (Å²) in [6.45, 7) is 0.377. The fraction of sp³-hybridized carbons (Fsp3) is 0.500. The molecule has 1 unspecified atom stereocenters. The SMILES string of the molecule is NCc1cccc2nc(CC3CCCS3(=O)=O)nn12. The summed E-state index contributed by atoms with van der Waals surface area (Å²) < 4.78 is 25.3. The van der Waals surface area contributed by atoms with Crippen molar-refractivity contribution in [3.05, 3.63) is 29.7 Å². The van der Waals surface area contributed by atoms with Gasteiger partial charge in [-0.05, 0) is 25.0 Å². The van der Waals surface area contributed by atoms with Crippen LogP contribution in [0.3, 0.4) is 0 Å². The van der Waals surface area contributed by atoms with Gasteiger partial charge in [0.15, 0.2) is 21.3 Å². The Kier molecular flexibility index (Phi) is 3.02. The molecule has 1 fully saturated rings. The van der Waals surface area contributed by atoms with Crippen molar-refractivity contribution in [1.82, 2.24) is 14.6 Å². The summed E-state index contributed by atoms with van der Waals surface area (Å²) >= 11 is 0. The number of sulfone groups is 1. The molecular weight excluding hydrogens is 264 g/mol. The Labute approximate surface area is 111 Å². The van der Waals surface area contributed by atoms with Gasteiger partial charge in [0.25, 0.3) is 0 Å². The summed E-state index contributed by atoms with van der Waals surface area (Å²) in [5, 5.41) is 4.05. The average molecular weight is 280 g/mol. The van der Waals surface area contributed by atoms with Crippen LogP contribution in [0.25, 0.3) is 5.65 Å². The van der Waals surface area contributed by atoms with Crippen molar-refractivity contribution in [2.75, 3.05) is 5.75 Å². The molecule has 6 nitrogen and oxygen atoms in total. The summed E-state index contributed by atoms with van der Waals surface area (Å²) in [5.41, 5.74) is 7.23. The largest absolute Gasteiger partial charge is 0.325 e. The Bertz CT molecular complexity index is 708. The summed E-state index contributed by atoms with van der Waals surface area (Å²) in [7, 11) is -2.95. The fourth-order valence-electron chi connectivity index (χ4n) is 2.54. The third-order valence-corrected chi connectivity index (χ3v) is 5.84. The van der Waals surface area contributed by atoms with E-state index in [-0.39, 0.29) is 5.25 Å². The van der Waals surface area contributed by atoms with Crippen LogP contribution in [0.5, 0.6) is 0 Å². The molecule has 0 aromatic carbocycles. The topological polar surface area (TPSA) is 90.3 Å². The highest BCUT2D eigenvalue weighted by molar-refractivity contribution is 7.92. The van der Waals surface area contributed by atoms with Gasteiger partial charge in [0.05, 0.1) is 16.7 Å². The minimum absolute atomic E-state index is 0.291. The highest BCUT2D eigenvalue weighted by atomic mass is 32.2. The van der Waals surface area contributed by atoms with Crippen molar-refractivity contribution in [2.45, 2.75) is 31.1 Å². The smallest absolute Gasteiger partial charge is 0.155 e. The summed E-state index contributed by atoms with van der Waals surface area (Å²) in [6, 6.07) is 5.61. The molecule has 102 valence electrons. The predicted molar refractivity (Wildman–Crippen MR) is 71.4 cm³/mol. The van der Waals surface area contributed by atoms with E-state index in [9.17, 15) is 8.42 Å². The number of hydrogen-bond acceptors (Lipinski definition) is 5. The quantitative estimate of drug-likeness (QED) is 0.873. The molecule has 2 N–H and O–H groups in total. The highest BCUT2D eigenvalue weighted by Gasteiger charge is 2.32. The van der Waals surface area contributed by atoms with Gasteiger partial charge in [-0.25, -0.2) is 17.9 Å². The number of hydrogen-bond donors (Lipinski definition) is 1. The maximum absolute atomic E-state index is 11.8. The summed E-state index contributed by atoms with van der Waals surface area (Å²) in [5.74, 6) is 0.871. The first-order valence-electron chi connectivity index (χ1n) is 6.35. The normalized spacial score (nSPS) is 22.1.